The van der Waals surface area contributed by atoms with E-state index in [9.17, 15) is 4.79 Å². The van der Waals surface area contributed by atoms with Crippen LogP contribution in [0.25, 0.3) is 0 Å². The first-order valence-electron chi connectivity index (χ1n) is 8.12. The van der Waals surface area contributed by atoms with Crippen LogP contribution in [0.2, 0.25) is 0 Å². The Morgan fingerprint density at radius 3 is 2.76 bits per heavy atom. The minimum atomic E-state index is 0. The predicted molar refractivity (Wildman–Crippen MR) is 108 cm³/mol. The van der Waals surface area contributed by atoms with Gasteiger partial charge in [-0.2, -0.15) is 11.3 Å². The first-order chi connectivity index (χ1) is 11.2. The van der Waals surface area contributed by atoms with Crippen molar-refractivity contribution < 1.29 is 4.79 Å². The normalized spacial score (nSPS) is 20.4. The fourth-order valence-corrected chi connectivity index (χ4v) is 5.19. The number of carbonyl (C=O) groups is 1. The average molecular weight is 420 g/mol. The van der Waals surface area contributed by atoms with Crippen LogP contribution in [0, 0.1) is 12.3 Å². The second kappa shape index (κ2) is 8.35. The maximum atomic E-state index is 13.1. The molecule has 1 atom stereocenters. The van der Waals surface area contributed by atoms with E-state index in [2.05, 4.69) is 32.0 Å². The molecule has 4 nitrogen and oxygen atoms in total. The molecule has 2 aliphatic rings. The number of amides is 1. The standard InChI is InChI=1S/C17H21N3OS2.2ClH/c1-12-15(23-11-19-12)16(21)20(9-13-2-7-22-10-13)14-8-17(14)3-5-18-6-4-17;;/h2,7,10-11,14,18H,3-6,8-9H2,1H3;2*1H. The summed E-state index contributed by atoms with van der Waals surface area (Å²) in [4.78, 5) is 20.3. The van der Waals surface area contributed by atoms with Crippen LogP contribution < -0.4 is 5.32 Å². The van der Waals surface area contributed by atoms with Gasteiger partial charge in [0, 0.05) is 12.6 Å². The summed E-state index contributed by atoms with van der Waals surface area (Å²) in [6, 6.07) is 2.51. The Hall–Kier alpha value is -0.660. The molecule has 2 fully saturated rings. The Labute approximate surface area is 168 Å². The highest BCUT2D eigenvalue weighted by atomic mass is 35.5. The lowest BCUT2D eigenvalue weighted by molar-refractivity contribution is 0.0696. The summed E-state index contributed by atoms with van der Waals surface area (Å²) in [5, 5.41) is 7.68. The molecule has 3 heterocycles. The predicted octanol–water partition coefficient (Wildman–Crippen LogP) is 4.14. The number of thiazole rings is 1. The van der Waals surface area contributed by atoms with Gasteiger partial charge < -0.3 is 10.2 Å². The van der Waals surface area contributed by atoms with Crippen molar-refractivity contribution in [2.24, 2.45) is 5.41 Å². The van der Waals surface area contributed by atoms with E-state index in [1.54, 1.807) is 16.8 Å². The number of rotatable bonds is 4. The second-order valence-electron chi connectivity index (χ2n) is 6.66. The van der Waals surface area contributed by atoms with Crippen molar-refractivity contribution in [3.63, 3.8) is 0 Å². The first kappa shape index (κ1) is 20.6. The molecule has 25 heavy (non-hydrogen) atoms. The van der Waals surface area contributed by atoms with Crippen LogP contribution in [0.1, 0.15) is 40.2 Å². The van der Waals surface area contributed by atoms with Crippen molar-refractivity contribution in [2.45, 2.75) is 38.8 Å². The Morgan fingerprint density at radius 2 is 2.16 bits per heavy atom. The van der Waals surface area contributed by atoms with Crippen LogP contribution in [-0.2, 0) is 6.54 Å². The topological polar surface area (TPSA) is 45.2 Å². The number of hydrogen-bond donors (Lipinski definition) is 1. The van der Waals surface area contributed by atoms with E-state index in [4.69, 9.17) is 0 Å². The molecule has 0 radical (unpaired) electrons. The molecule has 2 aromatic heterocycles. The third kappa shape index (κ3) is 4.03. The number of nitrogens with zero attached hydrogens (tertiary/aromatic N) is 2. The molecule has 2 aromatic rings. The van der Waals surface area contributed by atoms with Crippen LogP contribution in [-0.4, -0.2) is 34.9 Å². The zero-order valence-corrected chi connectivity index (χ0v) is 17.3. The number of thiophene rings is 1. The fourth-order valence-electron chi connectivity index (χ4n) is 3.77. The van der Waals surface area contributed by atoms with Gasteiger partial charge in [0.2, 0.25) is 0 Å². The van der Waals surface area contributed by atoms with Crippen molar-refractivity contribution >= 4 is 53.4 Å². The zero-order valence-electron chi connectivity index (χ0n) is 14.1. The summed E-state index contributed by atoms with van der Waals surface area (Å²) >= 11 is 3.16. The third-order valence-electron chi connectivity index (χ3n) is 5.26. The SMILES string of the molecule is Cc1ncsc1C(=O)N(Cc1ccsc1)C1CC12CCNCC2.Cl.Cl. The summed E-state index contributed by atoms with van der Waals surface area (Å²) in [5.41, 5.74) is 4.23. The van der Waals surface area contributed by atoms with E-state index in [0.29, 0.717) is 11.5 Å². The summed E-state index contributed by atoms with van der Waals surface area (Å²) < 4.78 is 0. The number of aryl methyl sites for hydroxylation is 1. The maximum Gasteiger partial charge on any atom is 0.266 e. The van der Waals surface area contributed by atoms with Gasteiger partial charge in [-0.25, -0.2) is 4.98 Å². The fraction of sp³-hybridized carbons (Fsp3) is 0.529. The van der Waals surface area contributed by atoms with Gasteiger partial charge in [0.25, 0.3) is 5.91 Å². The van der Waals surface area contributed by atoms with E-state index in [1.165, 1.54) is 29.7 Å². The van der Waals surface area contributed by atoms with Crippen LogP contribution in [0.15, 0.2) is 22.3 Å². The number of halogens is 2. The van der Waals surface area contributed by atoms with E-state index in [0.717, 1.165) is 36.6 Å². The van der Waals surface area contributed by atoms with Gasteiger partial charge >= 0.3 is 0 Å². The highest BCUT2D eigenvalue weighted by Crippen LogP contribution is 2.56. The van der Waals surface area contributed by atoms with E-state index >= 15 is 0 Å². The van der Waals surface area contributed by atoms with Crippen molar-refractivity contribution in [3.8, 4) is 0 Å². The Balaban J connectivity index is 0.00000113. The maximum absolute atomic E-state index is 13.1. The Bertz CT molecular complexity index is 699. The lowest BCUT2D eigenvalue weighted by atomic mass is 9.93. The molecule has 138 valence electrons. The third-order valence-corrected chi connectivity index (χ3v) is 6.90. The van der Waals surface area contributed by atoms with E-state index < -0.39 is 0 Å². The Morgan fingerprint density at radius 1 is 1.40 bits per heavy atom. The largest absolute Gasteiger partial charge is 0.330 e. The van der Waals surface area contributed by atoms with Crippen molar-refractivity contribution in [1.82, 2.24) is 15.2 Å². The molecule has 0 aromatic carbocycles. The highest BCUT2D eigenvalue weighted by Gasteiger charge is 2.57. The van der Waals surface area contributed by atoms with Crippen LogP contribution in [0.3, 0.4) is 0 Å². The summed E-state index contributed by atoms with van der Waals surface area (Å²) in [5.74, 6) is 0.164. The molecule has 1 saturated carbocycles. The van der Waals surface area contributed by atoms with Crippen LogP contribution >= 0.6 is 47.5 Å². The molecule has 1 amide bonds. The molecule has 1 N–H and O–H groups in total. The van der Waals surface area contributed by atoms with E-state index in [-0.39, 0.29) is 30.7 Å². The van der Waals surface area contributed by atoms with Gasteiger partial charge in [-0.15, -0.1) is 36.2 Å². The smallest absolute Gasteiger partial charge is 0.266 e. The van der Waals surface area contributed by atoms with Crippen molar-refractivity contribution in [2.75, 3.05) is 13.1 Å². The monoisotopic (exact) mass is 419 g/mol. The van der Waals surface area contributed by atoms with Crippen LogP contribution in [0.5, 0.6) is 0 Å². The molecule has 1 unspecified atom stereocenters. The Kier molecular flexibility index (Phi) is 6.90. The van der Waals surface area contributed by atoms with Gasteiger partial charge in [0.15, 0.2) is 0 Å². The average Bonchev–Trinajstić information content (AvgIpc) is 2.97. The van der Waals surface area contributed by atoms with Gasteiger partial charge in [0.05, 0.1) is 11.2 Å². The first-order valence-corrected chi connectivity index (χ1v) is 9.95. The highest BCUT2D eigenvalue weighted by molar-refractivity contribution is 7.11. The van der Waals surface area contributed by atoms with Crippen molar-refractivity contribution in [3.05, 3.63) is 38.5 Å². The minimum Gasteiger partial charge on any atom is -0.330 e. The summed E-state index contributed by atoms with van der Waals surface area (Å²) in [6.07, 6.45) is 3.53. The number of carbonyl (C=O) groups excluding carboxylic acids is 1. The number of aromatic nitrogens is 1. The lowest BCUT2D eigenvalue weighted by Crippen LogP contribution is -2.39. The van der Waals surface area contributed by atoms with E-state index in [1.807, 2.05) is 6.92 Å². The molecule has 1 aliphatic carbocycles. The molecule has 1 aliphatic heterocycles. The molecule has 0 bridgehead atoms. The number of piperidine rings is 1. The van der Waals surface area contributed by atoms with Gasteiger partial charge in [-0.05, 0) is 67.1 Å². The molecule has 4 rings (SSSR count). The van der Waals surface area contributed by atoms with Gasteiger partial charge in [0.1, 0.15) is 4.88 Å². The molecule has 8 heteroatoms. The summed E-state index contributed by atoms with van der Waals surface area (Å²) in [6.45, 7) is 4.81. The zero-order chi connectivity index (χ0) is 15.9. The molecular weight excluding hydrogens is 397 g/mol. The number of hydrogen-bond acceptors (Lipinski definition) is 5. The lowest BCUT2D eigenvalue weighted by Gasteiger charge is -2.29. The van der Waals surface area contributed by atoms with Gasteiger partial charge in [-0.3, -0.25) is 4.79 Å². The molecule has 1 spiro atoms. The quantitative estimate of drug-likeness (QED) is 0.809. The minimum absolute atomic E-state index is 0. The summed E-state index contributed by atoms with van der Waals surface area (Å²) in [7, 11) is 0. The van der Waals surface area contributed by atoms with Crippen molar-refractivity contribution in [1.29, 1.82) is 0 Å². The molecule has 1 saturated heterocycles. The molecular formula is C17H23Cl2N3OS2. The van der Waals surface area contributed by atoms with Crippen LogP contribution in [0.4, 0.5) is 0 Å². The number of nitrogens with one attached hydrogen (secondary N) is 1. The second-order valence-corrected chi connectivity index (χ2v) is 8.30. The van der Waals surface area contributed by atoms with Gasteiger partial charge in [-0.1, -0.05) is 0 Å².